The van der Waals surface area contributed by atoms with E-state index in [1.165, 1.54) is 12.1 Å². The van der Waals surface area contributed by atoms with E-state index in [2.05, 4.69) is 10.2 Å². The fourth-order valence-electron chi connectivity index (χ4n) is 3.44. The molecule has 1 aromatic carbocycles. The average Bonchev–Trinajstić information content (AvgIpc) is 3.02. The fraction of sp³-hybridized carbons (Fsp3) is 0.579. The number of morpholine rings is 1. The molecule has 26 heavy (non-hydrogen) atoms. The van der Waals surface area contributed by atoms with Crippen molar-refractivity contribution in [3.63, 3.8) is 0 Å². The molecule has 0 spiro atoms. The van der Waals surface area contributed by atoms with Crippen LogP contribution in [0.4, 0.5) is 4.39 Å². The van der Waals surface area contributed by atoms with Gasteiger partial charge in [0.05, 0.1) is 25.2 Å². The van der Waals surface area contributed by atoms with Gasteiger partial charge >= 0.3 is 0 Å². The molecular formula is C19H26FN3O3. The van der Waals surface area contributed by atoms with Crippen LogP contribution in [0, 0.1) is 11.7 Å². The molecule has 7 heteroatoms. The van der Waals surface area contributed by atoms with Crippen molar-refractivity contribution in [1.29, 1.82) is 0 Å². The Morgan fingerprint density at radius 2 is 2.12 bits per heavy atom. The van der Waals surface area contributed by atoms with E-state index >= 15 is 0 Å². The Balaban J connectivity index is 1.48. The van der Waals surface area contributed by atoms with Crippen molar-refractivity contribution in [2.45, 2.75) is 19.4 Å². The third-order valence-electron chi connectivity index (χ3n) is 5.08. The number of amides is 2. The predicted octanol–water partition coefficient (Wildman–Crippen LogP) is 1.18. The van der Waals surface area contributed by atoms with Crippen molar-refractivity contribution >= 4 is 11.8 Å². The summed E-state index contributed by atoms with van der Waals surface area (Å²) in [5.74, 6) is -0.794. The van der Waals surface area contributed by atoms with Crippen LogP contribution < -0.4 is 5.32 Å². The van der Waals surface area contributed by atoms with Gasteiger partial charge in [-0.3, -0.25) is 14.5 Å². The zero-order valence-corrected chi connectivity index (χ0v) is 15.1. The molecule has 1 N–H and O–H groups in total. The van der Waals surface area contributed by atoms with Crippen LogP contribution in [0.3, 0.4) is 0 Å². The molecule has 0 unspecified atom stereocenters. The monoisotopic (exact) mass is 363 g/mol. The molecule has 2 saturated heterocycles. The van der Waals surface area contributed by atoms with Gasteiger partial charge in [-0.15, -0.1) is 0 Å². The molecule has 2 amide bonds. The summed E-state index contributed by atoms with van der Waals surface area (Å²) >= 11 is 0. The lowest BCUT2D eigenvalue weighted by Gasteiger charge is -2.28. The van der Waals surface area contributed by atoms with Crippen molar-refractivity contribution in [1.82, 2.24) is 15.1 Å². The molecule has 6 nitrogen and oxygen atoms in total. The van der Waals surface area contributed by atoms with E-state index in [9.17, 15) is 14.0 Å². The summed E-state index contributed by atoms with van der Waals surface area (Å²) in [6.07, 6.45) is 0.241. The molecule has 0 radical (unpaired) electrons. The van der Waals surface area contributed by atoms with E-state index in [0.29, 0.717) is 18.7 Å². The first-order valence-electron chi connectivity index (χ1n) is 9.16. The predicted molar refractivity (Wildman–Crippen MR) is 94.9 cm³/mol. The number of carbonyl (C=O) groups is 2. The Kier molecular flexibility index (Phi) is 6.21. The SMILES string of the molecule is C[C@@H](NC(=O)[C@@H]1CC(=O)N(CCN2CCOCC2)C1)c1cccc(F)c1. The van der Waals surface area contributed by atoms with E-state index in [0.717, 1.165) is 32.8 Å². The zero-order valence-electron chi connectivity index (χ0n) is 15.1. The molecule has 2 aliphatic heterocycles. The zero-order chi connectivity index (χ0) is 18.5. The third-order valence-corrected chi connectivity index (χ3v) is 5.08. The Labute approximate surface area is 153 Å². The number of benzene rings is 1. The Hall–Kier alpha value is -1.99. The number of ether oxygens (including phenoxy) is 1. The van der Waals surface area contributed by atoms with Gasteiger partial charge in [-0.2, -0.15) is 0 Å². The first-order chi connectivity index (χ1) is 12.5. The Bertz CT molecular complexity index is 649. The molecule has 2 heterocycles. The minimum atomic E-state index is -0.344. The van der Waals surface area contributed by atoms with Crippen LogP contribution in [0.2, 0.25) is 0 Å². The summed E-state index contributed by atoms with van der Waals surface area (Å²) in [4.78, 5) is 28.8. The largest absolute Gasteiger partial charge is 0.379 e. The second-order valence-electron chi connectivity index (χ2n) is 6.98. The van der Waals surface area contributed by atoms with Crippen molar-refractivity contribution in [3.8, 4) is 0 Å². The molecule has 2 atom stereocenters. The number of rotatable bonds is 6. The normalized spacial score (nSPS) is 22.5. The summed E-state index contributed by atoms with van der Waals surface area (Å²) in [6.45, 7) is 6.96. The molecule has 2 aliphatic rings. The van der Waals surface area contributed by atoms with Gasteiger partial charge in [0.15, 0.2) is 0 Å². The highest BCUT2D eigenvalue weighted by atomic mass is 19.1. The number of hydrogen-bond donors (Lipinski definition) is 1. The number of nitrogens with zero attached hydrogens (tertiary/aromatic N) is 2. The standard InChI is InChI=1S/C19H26FN3O3/c1-14(15-3-2-4-17(20)11-15)21-19(25)16-12-18(24)23(13-16)6-5-22-7-9-26-10-8-22/h2-4,11,14,16H,5-10,12-13H2,1H3,(H,21,25)/t14-,16-/m1/s1. The van der Waals surface area contributed by atoms with Gasteiger partial charge in [-0.1, -0.05) is 12.1 Å². The number of carbonyl (C=O) groups excluding carboxylic acids is 2. The molecular weight excluding hydrogens is 337 g/mol. The van der Waals surface area contributed by atoms with Gasteiger partial charge in [-0.05, 0) is 24.6 Å². The second-order valence-corrected chi connectivity index (χ2v) is 6.98. The Morgan fingerprint density at radius 1 is 1.35 bits per heavy atom. The van der Waals surface area contributed by atoms with Gasteiger partial charge < -0.3 is 15.0 Å². The van der Waals surface area contributed by atoms with Crippen molar-refractivity contribution in [2.24, 2.45) is 5.92 Å². The first kappa shape index (κ1) is 18.8. The molecule has 142 valence electrons. The molecule has 0 aromatic heterocycles. The van der Waals surface area contributed by atoms with Crippen molar-refractivity contribution in [2.75, 3.05) is 45.9 Å². The second kappa shape index (κ2) is 8.60. The smallest absolute Gasteiger partial charge is 0.225 e. The topological polar surface area (TPSA) is 61.9 Å². The highest BCUT2D eigenvalue weighted by Gasteiger charge is 2.34. The summed E-state index contributed by atoms with van der Waals surface area (Å²) in [7, 11) is 0. The summed E-state index contributed by atoms with van der Waals surface area (Å²) < 4.78 is 18.7. The minimum Gasteiger partial charge on any atom is -0.379 e. The van der Waals surface area contributed by atoms with Crippen molar-refractivity contribution in [3.05, 3.63) is 35.6 Å². The number of halogens is 1. The van der Waals surface area contributed by atoms with Crippen LogP contribution >= 0.6 is 0 Å². The molecule has 0 aliphatic carbocycles. The Morgan fingerprint density at radius 3 is 2.85 bits per heavy atom. The molecule has 2 fully saturated rings. The first-order valence-corrected chi connectivity index (χ1v) is 9.16. The van der Waals surface area contributed by atoms with Gasteiger partial charge in [0.2, 0.25) is 11.8 Å². The van der Waals surface area contributed by atoms with Gasteiger partial charge in [0.1, 0.15) is 5.82 Å². The van der Waals surface area contributed by atoms with Gasteiger partial charge in [0, 0.05) is 39.1 Å². The maximum absolute atomic E-state index is 13.3. The molecule has 3 rings (SSSR count). The molecule has 0 saturated carbocycles. The highest BCUT2D eigenvalue weighted by molar-refractivity contribution is 5.89. The molecule has 0 bridgehead atoms. The van der Waals surface area contributed by atoms with E-state index in [-0.39, 0.29) is 36.0 Å². The average molecular weight is 363 g/mol. The summed E-state index contributed by atoms with van der Waals surface area (Å²) in [5, 5.41) is 2.90. The number of nitrogens with one attached hydrogen (secondary N) is 1. The lowest BCUT2D eigenvalue weighted by molar-refractivity contribution is -0.129. The lowest BCUT2D eigenvalue weighted by Crippen LogP contribution is -2.42. The number of likely N-dealkylation sites (tertiary alicyclic amines) is 1. The van der Waals surface area contributed by atoms with Crippen molar-refractivity contribution < 1.29 is 18.7 Å². The van der Waals surface area contributed by atoms with E-state index in [1.807, 2.05) is 6.92 Å². The highest BCUT2D eigenvalue weighted by Crippen LogP contribution is 2.20. The third kappa shape index (κ3) is 4.80. The van der Waals surface area contributed by atoms with E-state index in [1.54, 1.807) is 17.0 Å². The van der Waals surface area contributed by atoms with Crippen LogP contribution in [0.25, 0.3) is 0 Å². The van der Waals surface area contributed by atoms with Crippen LogP contribution in [-0.4, -0.2) is 67.6 Å². The summed E-state index contributed by atoms with van der Waals surface area (Å²) in [6, 6.07) is 5.90. The van der Waals surface area contributed by atoms with Crippen LogP contribution in [0.1, 0.15) is 24.9 Å². The molecule has 1 aromatic rings. The number of hydrogen-bond acceptors (Lipinski definition) is 4. The fourth-order valence-corrected chi connectivity index (χ4v) is 3.44. The summed E-state index contributed by atoms with van der Waals surface area (Å²) in [5.41, 5.74) is 0.715. The maximum atomic E-state index is 13.3. The lowest BCUT2D eigenvalue weighted by atomic mass is 10.0. The minimum absolute atomic E-state index is 0.0248. The van der Waals surface area contributed by atoms with Crippen LogP contribution in [-0.2, 0) is 14.3 Å². The van der Waals surface area contributed by atoms with Gasteiger partial charge in [0.25, 0.3) is 0 Å². The van der Waals surface area contributed by atoms with E-state index < -0.39 is 0 Å². The van der Waals surface area contributed by atoms with Crippen LogP contribution in [0.15, 0.2) is 24.3 Å². The van der Waals surface area contributed by atoms with E-state index in [4.69, 9.17) is 4.74 Å². The van der Waals surface area contributed by atoms with Gasteiger partial charge in [-0.25, -0.2) is 4.39 Å². The quantitative estimate of drug-likeness (QED) is 0.825. The maximum Gasteiger partial charge on any atom is 0.225 e. The van der Waals surface area contributed by atoms with Crippen LogP contribution in [0.5, 0.6) is 0 Å².